The molecule has 11 heteroatoms. The van der Waals surface area contributed by atoms with Crippen molar-refractivity contribution in [2.75, 3.05) is 51.3 Å². The van der Waals surface area contributed by atoms with Crippen LogP contribution in [-0.2, 0) is 20.2 Å². The Morgan fingerprint density at radius 2 is 1.63 bits per heavy atom. The summed E-state index contributed by atoms with van der Waals surface area (Å²) in [4.78, 5) is 15.3. The van der Waals surface area contributed by atoms with Crippen LogP contribution < -0.4 is 18.9 Å². The highest BCUT2D eigenvalue weighted by atomic mass is 32.2. The van der Waals surface area contributed by atoms with E-state index >= 15 is 0 Å². The van der Waals surface area contributed by atoms with Crippen molar-refractivity contribution in [3.05, 3.63) is 71.8 Å². The third kappa shape index (κ3) is 6.92. The van der Waals surface area contributed by atoms with Crippen LogP contribution in [0.3, 0.4) is 0 Å². The molecule has 0 spiro atoms. The van der Waals surface area contributed by atoms with Crippen LogP contribution in [0.5, 0.6) is 23.0 Å². The maximum Gasteiger partial charge on any atom is 0.265 e. The SMILES string of the molecule is COc1ccccc1Oc1c(S(=O)(=O)Nc2ccccc2)cc(C(=O)N2CCOCC2)c(C(C)(C)C)c1OCCO. The molecule has 10 nitrogen and oxygen atoms in total. The molecule has 1 aliphatic heterocycles. The molecule has 220 valence electrons. The first kappa shape index (κ1) is 30.2. The fourth-order valence-electron chi connectivity index (χ4n) is 4.58. The minimum atomic E-state index is -4.33. The summed E-state index contributed by atoms with van der Waals surface area (Å²) in [5, 5.41) is 9.68. The molecule has 0 unspecified atom stereocenters. The summed E-state index contributed by atoms with van der Waals surface area (Å²) in [5.41, 5.74) is 0.240. The number of benzene rings is 3. The van der Waals surface area contributed by atoms with Gasteiger partial charge in [0.05, 0.1) is 26.9 Å². The average molecular weight is 585 g/mol. The Bertz CT molecular complexity index is 1460. The summed E-state index contributed by atoms with van der Waals surface area (Å²) in [5.74, 6) is 0.171. The summed E-state index contributed by atoms with van der Waals surface area (Å²) in [6, 6.07) is 16.6. The van der Waals surface area contributed by atoms with Gasteiger partial charge in [-0.25, -0.2) is 8.42 Å². The molecule has 0 atom stereocenters. The summed E-state index contributed by atoms with van der Waals surface area (Å²) >= 11 is 0. The number of nitrogens with zero attached hydrogens (tertiary/aromatic N) is 1. The van der Waals surface area contributed by atoms with E-state index in [0.29, 0.717) is 43.3 Å². The molecule has 1 fully saturated rings. The second kappa shape index (κ2) is 12.8. The largest absolute Gasteiger partial charge is 0.493 e. The summed E-state index contributed by atoms with van der Waals surface area (Å²) in [6.07, 6.45) is 0. The monoisotopic (exact) mass is 584 g/mol. The molecule has 3 aromatic carbocycles. The number of nitrogens with one attached hydrogen (secondary N) is 1. The fourth-order valence-corrected chi connectivity index (χ4v) is 5.79. The summed E-state index contributed by atoms with van der Waals surface area (Å²) < 4.78 is 53.9. The van der Waals surface area contributed by atoms with Gasteiger partial charge in [0.25, 0.3) is 15.9 Å². The number of carbonyl (C=O) groups excluding carboxylic acids is 1. The molecule has 1 saturated heterocycles. The van der Waals surface area contributed by atoms with Crippen LogP contribution >= 0.6 is 0 Å². The molecule has 1 aliphatic rings. The molecule has 0 aliphatic carbocycles. The average Bonchev–Trinajstić information content (AvgIpc) is 2.96. The lowest BCUT2D eigenvalue weighted by Gasteiger charge is -2.32. The van der Waals surface area contributed by atoms with Gasteiger partial charge in [-0.1, -0.05) is 51.1 Å². The second-order valence-electron chi connectivity index (χ2n) is 10.4. The number of methoxy groups -OCH3 is 1. The molecule has 1 amide bonds. The molecule has 0 radical (unpaired) electrons. The Labute approximate surface area is 240 Å². The summed E-state index contributed by atoms with van der Waals surface area (Å²) in [6.45, 7) is 6.66. The summed E-state index contributed by atoms with van der Waals surface area (Å²) in [7, 11) is -2.86. The van der Waals surface area contributed by atoms with Gasteiger partial charge in [0.1, 0.15) is 11.5 Å². The van der Waals surface area contributed by atoms with E-state index in [1.54, 1.807) is 59.5 Å². The Morgan fingerprint density at radius 3 is 2.24 bits per heavy atom. The third-order valence-corrected chi connectivity index (χ3v) is 7.80. The van der Waals surface area contributed by atoms with E-state index < -0.39 is 15.4 Å². The van der Waals surface area contributed by atoms with E-state index in [4.69, 9.17) is 18.9 Å². The number of rotatable bonds is 10. The first-order valence-corrected chi connectivity index (χ1v) is 14.8. The van der Waals surface area contributed by atoms with Crippen LogP contribution in [0.1, 0.15) is 36.7 Å². The van der Waals surface area contributed by atoms with E-state index in [1.165, 1.54) is 13.2 Å². The quantitative estimate of drug-likeness (QED) is 0.359. The van der Waals surface area contributed by atoms with Crippen molar-refractivity contribution in [3.8, 4) is 23.0 Å². The van der Waals surface area contributed by atoms with Crippen molar-refractivity contribution in [2.45, 2.75) is 31.1 Å². The molecule has 4 rings (SSSR count). The van der Waals surface area contributed by atoms with Crippen LogP contribution in [0.4, 0.5) is 5.69 Å². The Kier molecular flexibility index (Phi) is 9.42. The van der Waals surface area contributed by atoms with Crippen molar-refractivity contribution < 1.29 is 37.3 Å². The predicted molar refractivity (Wildman–Crippen MR) is 155 cm³/mol. The Balaban J connectivity index is 2.03. The van der Waals surface area contributed by atoms with Crippen molar-refractivity contribution in [1.29, 1.82) is 0 Å². The minimum absolute atomic E-state index is 0.0463. The number of anilines is 1. The number of ether oxygens (including phenoxy) is 4. The van der Waals surface area contributed by atoms with E-state index in [1.807, 2.05) is 20.8 Å². The van der Waals surface area contributed by atoms with Crippen LogP contribution in [0.25, 0.3) is 0 Å². The van der Waals surface area contributed by atoms with E-state index in [2.05, 4.69) is 4.72 Å². The van der Waals surface area contributed by atoms with Gasteiger partial charge >= 0.3 is 0 Å². The molecule has 3 aromatic rings. The highest BCUT2D eigenvalue weighted by Gasteiger charge is 2.37. The molecular formula is C30H36N2O8S. The first-order valence-electron chi connectivity index (χ1n) is 13.3. The topological polar surface area (TPSA) is 124 Å². The van der Waals surface area contributed by atoms with E-state index in [0.717, 1.165) is 0 Å². The first-order chi connectivity index (χ1) is 19.6. The molecule has 41 heavy (non-hydrogen) atoms. The lowest BCUT2D eigenvalue weighted by Crippen LogP contribution is -2.41. The zero-order chi connectivity index (χ0) is 29.6. The number of sulfonamides is 1. The number of hydrogen-bond acceptors (Lipinski definition) is 8. The molecule has 0 bridgehead atoms. The van der Waals surface area contributed by atoms with Gasteiger partial charge in [0.15, 0.2) is 23.0 Å². The molecular weight excluding hydrogens is 548 g/mol. The van der Waals surface area contributed by atoms with Crippen LogP contribution in [0, 0.1) is 0 Å². The number of hydrogen-bond donors (Lipinski definition) is 2. The number of amides is 1. The maximum absolute atomic E-state index is 14.0. The van der Waals surface area contributed by atoms with Gasteiger partial charge < -0.3 is 29.0 Å². The number of aliphatic hydroxyl groups is 1. The Hall–Kier alpha value is -3.80. The molecule has 0 saturated carbocycles. The van der Waals surface area contributed by atoms with E-state index in [9.17, 15) is 18.3 Å². The van der Waals surface area contributed by atoms with Crippen molar-refractivity contribution >= 4 is 21.6 Å². The maximum atomic E-state index is 14.0. The number of carbonyl (C=O) groups is 1. The van der Waals surface area contributed by atoms with Crippen LogP contribution in [0.2, 0.25) is 0 Å². The zero-order valence-electron chi connectivity index (χ0n) is 23.7. The number of morpholine rings is 1. The van der Waals surface area contributed by atoms with Gasteiger partial charge in [-0.3, -0.25) is 9.52 Å². The highest BCUT2D eigenvalue weighted by molar-refractivity contribution is 7.92. The fraction of sp³-hybridized carbons (Fsp3) is 0.367. The smallest absolute Gasteiger partial charge is 0.265 e. The van der Waals surface area contributed by atoms with E-state index in [-0.39, 0.29) is 46.8 Å². The highest BCUT2D eigenvalue weighted by Crippen LogP contribution is 2.48. The van der Waals surface area contributed by atoms with Gasteiger partial charge in [0.2, 0.25) is 0 Å². The molecule has 0 aromatic heterocycles. The normalized spacial score (nSPS) is 13.9. The van der Waals surface area contributed by atoms with Crippen molar-refractivity contribution in [2.24, 2.45) is 0 Å². The van der Waals surface area contributed by atoms with Gasteiger partial charge in [-0.05, 0) is 35.7 Å². The Morgan fingerprint density at radius 1 is 1.00 bits per heavy atom. The van der Waals surface area contributed by atoms with Gasteiger partial charge in [0, 0.05) is 29.9 Å². The molecule has 1 heterocycles. The third-order valence-electron chi connectivity index (χ3n) is 6.41. The van der Waals surface area contributed by atoms with Crippen molar-refractivity contribution in [1.82, 2.24) is 4.90 Å². The van der Waals surface area contributed by atoms with Gasteiger partial charge in [-0.15, -0.1) is 0 Å². The molecule has 2 N–H and O–H groups in total. The minimum Gasteiger partial charge on any atom is -0.493 e. The predicted octanol–water partition coefficient (Wildman–Crippen LogP) is 4.43. The van der Waals surface area contributed by atoms with Crippen molar-refractivity contribution in [3.63, 3.8) is 0 Å². The van der Waals surface area contributed by atoms with Gasteiger partial charge in [-0.2, -0.15) is 0 Å². The standard InChI is InChI=1S/C30H36N2O8S/c1-30(2,3)26-22(29(34)32-14-17-38-18-15-32)20-25(41(35,36)31-21-10-6-5-7-11-21)27(28(26)39-19-16-33)40-24-13-9-8-12-23(24)37-4/h5-13,20,31,33H,14-19H2,1-4H3. The van der Waals surface area contributed by atoms with Crippen LogP contribution in [0.15, 0.2) is 65.6 Å². The number of para-hydroxylation sites is 3. The lowest BCUT2D eigenvalue weighted by atomic mass is 9.82. The number of aliphatic hydroxyl groups excluding tert-OH is 1. The zero-order valence-corrected chi connectivity index (χ0v) is 24.5. The van der Waals surface area contributed by atoms with Crippen LogP contribution in [-0.4, -0.2) is 71.0 Å². The second-order valence-corrected chi connectivity index (χ2v) is 12.1. The lowest BCUT2D eigenvalue weighted by molar-refractivity contribution is 0.0300.